The molecule has 0 bridgehead atoms. The predicted octanol–water partition coefficient (Wildman–Crippen LogP) is 3.08. The summed E-state index contributed by atoms with van der Waals surface area (Å²) in [4.78, 5) is 12.6. The minimum absolute atomic E-state index is 0.00222. The normalized spacial score (nSPS) is 20.1. The Morgan fingerprint density at radius 3 is 3.00 bits per heavy atom. The van der Waals surface area contributed by atoms with Crippen molar-refractivity contribution >= 4 is 17.7 Å². The summed E-state index contributed by atoms with van der Waals surface area (Å²) in [7, 11) is 0. The fourth-order valence-corrected chi connectivity index (χ4v) is 2.65. The molecule has 0 N–H and O–H groups in total. The first-order valence-corrected chi connectivity index (χ1v) is 5.66. The lowest BCUT2D eigenvalue weighted by molar-refractivity contribution is 0.0430. The first-order chi connectivity index (χ1) is 6.81. The van der Waals surface area contributed by atoms with Gasteiger partial charge in [0.05, 0.1) is 5.56 Å². The molecule has 1 aliphatic rings. The molecule has 74 valence electrons. The second-order valence-electron chi connectivity index (χ2n) is 3.24. The highest BCUT2D eigenvalue weighted by Gasteiger charge is 2.25. The van der Waals surface area contributed by atoms with Crippen molar-refractivity contribution in [2.45, 2.75) is 30.1 Å². The maximum atomic E-state index is 11.5. The molecule has 0 unspecified atom stereocenters. The van der Waals surface area contributed by atoms with E-state index in [9.17, 15) is 4.79 Å². The van der Waals surface area contributed by atoms with Crippen LogP contribution in [0.15, 0.2) is 29.2 Å². The molecule has 0 amide bonds. The van der Waals surface area contributed by atoms with E-state index in [2.05, 4.69) is 6.92 Å². The second kappa shape index (κ2) is 4.05. The Morgan fingerprint density at radius 2 is 2.21 bits per heavy atom. The van der Waals surface area contributed by atoms with E-state index < -0.39 is 0 Å². The van der Waals surface area contributed by atoms with Crippen molar-refractivity contribution in [3.05, 3.63) is 29.8 Å². The topological polar surface area (TPSA) is 26.3 Å². The average molecular weight is 208 g/mol. The number of esters is 1. The van der Waals surface area contributed by atoms with E-state index in [1.807, 2.05) is 24.3 Å². The molecule has 0 aliphatic carbocycles. The number of rotatable bonds is 2. The number of hydrogen-bond donors (Lipinski definition) is 0. The lowest BCUT2D eigenvalue weighted by atomic mass is 10.2. The Morgan fingerprint density at radius 1 is 1.43 bits per heavy atom. The zero-order chi connectivity index (χ0) is 9.97. The molecular formula is C11H12O2S. The van der Waals surface area contributed by atoms with E-state index in [-0.39, 0.29) is 11.4 Å². The van der Waals surface area contributed by atoms with Crippen LogP contribution in [0, 0.1) is 0 Å². The number of ether oxygens (including phenoxy) is 1. The predicted molar refractivity (Wildman–Crippen MR) is 56.4 cm³/mol. The lowest BCUT2D eigenvalue weighted by Crippen LogP contribution is -2.20. The zero-order valence-corrected chi connectivity index (χ0v) is 8.84. The van der Waals surface area contributed by atoms with Crippen LogP contribution in [-0.4, -0.2) is 11.4 Å². The van der Waals surface area contributed by atoms with Gasteiger partial charge in [0.1, 0.15) is 0 Å². The largest absolute Gasteiger partial charge is 0.447 e. The summed E-state index contributed by atoms with van der Waals surface area (Å²) in [6, 6.07) is 7.60. The van der Waals surface area contributed by atoms with Crippen LogP contribution in [0.2, 0.25) is 0 Å². The number of cyclic esters (lactones) is 1. The molecule has 0 saturated heterocycles. The Bertz CT molecular complexity index is 349. The Balaban J connectivity index is 2.24. The number of thioether (sulfide) groups is 1. The van der Waals surface area contributed by atoms with Gasteiger partial charge in [0.25, 0.3) is 0 Å². The van der Waals surface area contributed by atoms with E-state index in [0.717, 1.165) is 17.7 Å². The highest BCUT2D eigenvalue weighted by molar-refractivity contribution is 8.00. The quantitative estimate of drug-likeness (QED) is 0.699. The molecule has 1 aromatic rings. The Labute approximate surface area is 87.6 Å². The van der Waals surface area contributed by atoms with Crippen LogP contribution >= 0.6 is 11.8 Å². The maximum absolute atomic E-state index is 11.5. The van der Waals surface area contributed by atoms with E-state index in [1.165, 1.54) is 0 Å². The van der Waals surface area contributed by atoms with Gasteiger partial charge in [-0.25, -0.2) is 4.79 Å². The number of hydrogen-bond acceptors (Lipinski definition) is 3. The van der Waals surface area contributed by atoms with Gasteiger partial charge in [-0.2, -0.15) is 0 Å². The van der Waals surface area contributed by atoms with Gasteiger partial charge in [-0.15, -0.1) is 0 Å². The molecule has 14 heavy (non-hydrogen) atoms. The third kappa shape index (κ3) is 1.77. The number of fused-ring (bicyclic) bond motifs is 1. The number of carbonyl (C=O) groups is 1. The van der Waals surface area contributed by atoms with Crippen molar-refractivity contribution in [3.8, 4) is 0 Å². The maximum Gasteiger partial charge on any atom is 0.340 e. The molecule has 1 aliphatic heterocycles. The summed E-state index contributed by atoms with van der Waals surface area (Å²) in [5.74, 6) is -0.183. The summed E-state index contributed by atoms with van der Waals surface area (Å²) in [6.07, 6.45) is 1.96. The standard InChI is InChI=1S/C11H12O2S/c1-2-5-10-13-11(12)8-6-3-4-7-9(8)14-10/h3-4,6-7,10H,2,5H2,1H3/t10-/m1/s1. The Hall–Kier alpha value is -0.960. The lowest BCUT2D eigenvalue weighted by Gasteiger charge is -2.23. The van der Waals surface area contributed by atoms with E-state index in [4.69, 9.17) is 4.74 Å². The molecule has 0 radical (unpaired) electrons. The summed E-state index contributed by atoms with van der Waals surface area (Å²) < 4.78 is 5.28. The van der Waals surface area contributed by atoms with Gasteiger partial charge in [-0.05, 0) is 18.6 Å². The fraction of sp³-hybridized carbons (Fsp3) is 0.364. The van der Waals surface area contributed by atoms with Gasteiger partial charge in [-0.3, -0.25) is 0 Å². The fourth-order valence-electron chi connectivity index (χ4n) is 1.44. The zero-order valence-electron chi connectivity index (χ0n) is 8.03. The average Bonchev–Trinajstić information content (AvgIpc) is 2.18. The van der Waals surface area contributed by atoms with Gasteiger partial charge in [-0.1, -0.05) is 37.2 Å². The Kier molecular flexibility index (Phi) is 2.77. The van der Waals surface area contributed by atoms with Crippen LogP contribution in [0.25, 0.3) is 0 Å². The minimum atomic E-state index is -0.183. The van der Waals surface area contributed by atoms with Crippen molar-refractivity contribution < 1.29 is 9.53 Å². The van der Waals surface area contributed by atoms with Crippen LogP contribution in [0.1, 0.15) is 30.1 Å². The highest BCUT2D eigenvalue weighted by Crippen LogP contribution is 2.35. The van der Waals surface area contributed by atoms with Crippen LogP contribution in [-0.2, 0) is 4.74 Å². The van der Waals surface area contributed by atoms with Gasteiger partial charge in [0, 0.05) is 4.90 Å². The third-order valence-electron chi connectivity index (χ3n) is 2.13. The van der Waals surface area contributed by atoms with Crippen molar-refractivity contribution in [3.63, 3.8) is 0 Å². The van der Waals surface area contributed by atoms with Crippen molar-refractivity contribution in [2.24, 2.45) is 0 Å². The molecule has 1 heterocycles. The van der Waals surface area contributed by atoms with E-state index in [0.29, 0.717) is 5.56 Å². The molecule has 0 spiro atoms. The summed E-state index contributed by atoms with van der Waals surface area (Å²) in [5.41, 5.74) is 0.701. The molecule has 2 rings (SSSR count). The van der Waals surface area contributed by atoms with Crippen LogP contribution in [0.4, 0.5) is 0 Å². The molecule has 1 aromatic carbocycles. The SMILES string of the molecule is CCC[C@@H]1OC(=O)c2ccccc2S1. The van der Waals surface area contributed by atoms with Gasteiger partial charge >= 0.3 is 5.97 Å². The first kappa shape index (κ1) is 9.59. The van der Waals surface area contributed by atoms with Crippen LogP contribution < -0.4 is 0 Å². The molecule has 0 saturated carbocycles. The minimum Gasteiger partial charge on any atom is -0.447 e. The number of benzene rings is 1. The molecule has 0 aromatic heterocycles. The van der Waals surface area contributed by atoms with Crippen LogP contribution in [0.3, 0.4) is 0 Å². The molecular weight excluding hydrogens is 196 g/mol. The van der Waals surface area contributed by atoms with Crippen molar-refractivity contribution in [2.75, 3.05) is 0 Å². The number of carbonyl (C=O) groups excluding carboxylic acids is 1. The van der Waals surface area contributed by atoms with Crippen molar-refractivity contribution in [1.82, 2.24) is 0 Å². The van der Waals surface area contributed by atoms with Gasteiger partial charge in [0.2, 0.25) is 0 Å². The second-order valence-corrected chi connectivity index (χ2v) is 4.44. The summed E-state index contributed by atoms with van der Waals surface area (Å²) >= 11 is 1.64. The highest BCUT2D eigenvalue weighted by atomic mass is 32.2. The first-order valence-electron chi connectivity index (χ1n) is 4.78. The summed E-state index contributed by atoms with van der Waals surface area (Å²) in [6.45, 7) is 2.09. The third-order valence-corrected chi connectivity index (χ3v) is 3.33. The van der Waals surface area contributed by atoms with E-state index >= 15 is 0 Å². The smallest absolute Gasteiger partial charge is 0.340 e. The monoisotopic (exact) mass is 208 g/mol. The van der Waals surface area contributed by atoms with Crippen LogP contribution in [0.5, 0.6) is 0 Å². The molecule has 2 nitrogen and oxygen atoms in total. The van der Waals surface area contributed by atoms with Gasteiger partial charge in [0.15, 0.2) is 5.44 Å². The summed E-state index contributed by atoms with van der Waals surface area (Å²) in [5, 5.41) is 0. The van der Waals surface area contributed by atoms with E-state index in [1.54, 1.807) is 11.8 Å². The molecule has 3 heteroatoms. The molecule has 0 fully saturated rings. The van der Waals surface area contributed by atoms with Gasteiger partial charge < -0.3 is 4.74 Å². The molecule has 1 atom stereocenters. The van der Waals surface area contributed by atoms with Crippen molar-refractivity contribution in [1.29, 1.82) is 0 Å².